The summed E-state index contributed by atoms with van der Waals surface area (Å²) in [6, 6.07) is 8.41. The second-order valence-electron chi connectivity index (χ2n) is 6.96. The molecule has 1 aliphatic heterocycles. The molecule has 25 heavy (non-hydrogen) atoms. The highest BCUT2D eigenvalue weighted by Crippen LogP contribution is 2.37. The van der Waals surface area contributed by atoms with Crippen molar-refractivity contribution in [1.82, 2.24) is 0 Å². The van der Waals surface area contributed by atoms with Crippen molar-refractivity contribution in [1.29, 1.82) is 0 Å². The minimum atomic E-state index is -0.285. The summed E-state index contributed by atoms with van der Waals surface area (Å²) in [5.41, 5.74) is 7.95. The first-order chi connectivity index (χ1) is 11.7. The summed E-state index contributed by atoms with van der Waals surface area (Å²) in [5, 5.41) is 0. The van der Waals surface area contributed by atoms with Gasteiger partial charge in [0.2, 0.25) is 0 Å². The second-order valence-corrected chi connectivity index (χ2v) is 6.96. The average molecular weight is 369 g/mol. The van der Waals surface area contributed by atoms with E-state index in [0.717, 1.165) is 24.6 Å². The quantitative estimate of drug-likeness (QED) is 0.831. The molecule has 2 N–H and O–H groups in total. The van der Waals surface area contributed by atoms with Gasteiger partial charge in [0.25, 0.3) is 0 Å². The Hall–Kier alpha value is -1.30. The van der Waals surface area contributed by atoms with Gasteiger partial charge in [0.05, 0.1) is 13.2 Å². The zero-order chi connectivity index (χ0) is 16.9. The van der Waals surface area contributed by atoms with Crippen molar-refractivity contribution in [3.8, 4) is 0 Å². The molecule has 1 heterocycles. The lowest BCUT2D eigenvalue weighted by Crippen LogP contribution is -2.25. The second kappa shape index (κ2) is 9.41. The number of halogens is 1. The maximum absolute atomic E-state index is 12.0. The van der Waals surface area contributed by atoms with E-state index < -0.39 is 0 Å². The van der Waals surface area contributed by atoms with Crippen LogP contribution in [0, 0.1) is 5.92 Å². The standard InChI is InChI=1S/C19H28N2O3.ClH/c1-23-13-18-12-21(19(22)24-18)17-8-6-16(7-9-17)15-4-2-14(3-5-15)10-11-20;/h6-9,14-15,18H,2-5,10-13,20H2,1H3;1H/t14?,15?,18-;/m0./s1. The van der Waals surface area contributed by atoms with Crippen molar-refractivity contribution in [3.63, 3.8) is 0 Å². The Morgan fingerprint density at radius 3 is 2.48 bits per heavy atom. The first-order valence-electron chi connectivity index (χ1n) is 8.98. The van der Waals surface area contributed by atoms with Crippen molar-refractivity contribution < 1.29 is 14.3 Å². The van der Waals surface area contributed by atoms with E-state index >= 15 is 0 Å². The molecule has 6 heteroatoms. The van der Waals surface area contributed by atoms with Crippen LogP contribution in [-0.4, -0.2) is 39.0 Å². The fourth-order valence-corrected chi connectivity index (χ4v) is 3.95. The van der Waals surface area contributed by atoms with E-state index in [0.29, 0.717) is 19.1 Å². The lowest BCUT2D eigenvalue weighted by molar-refractivity contribution is 0.0718. The summed E-state index contributed by atoms with van der Waals surface area (Å²) in [5.74, 6) is 1.45. The van der Waals surface area contributed by atoms with Gasteiger partial charge in [-0.25, -0.2) is 4.79 Å². The van der Waals surface area contributed by atoms with Crippen LogP contribution in [0.1, 0.15) is 43.6 Å². The third kappa shape index (κ3) is 4.87. The number of carbonyl (C=O) groups excluding carboxylic acids is 1. The molecule has 1 aromatic rings. The van der Waals surface area contributed by atoms with Crippen LogP contribution in [0.5, 0.6) is 0 Å². The Kier molecular flexibility index (Phi) is 7.54. The summed E-state index contributed by atoms with van der Waals surface area (Å²) in [6.07, 6.45) is 5.73. The summed E-state index contributed by atoms with van der Waals surface area (Å²) in [4.78, 5) is 13.7. The highest BCUT2D eigenvalue weighted by Gasteiger charge is 2.32. The smallest absolute Gasteiger partial charge is 0.414 e. The van der Waals surface area contributed by atoms with Gasteiger partial charge in [-0.1, -0.05) is 12.1 Å². The number of carbonyl (C=O) groups is 1. The predicted molar refractivity (Wildman–Crippen MR) is 102 cm³/mol. The molecule has 1 aliphatic carbocycles. The van der Waals surface area contributed by atoms with Crippen LogP contribution >= 0.6 is 12.4 Å². The third-order valence-corrected chi connectivity index (χ3v) is 5.32. The zero-order valence-corrected chi connectivity index (χ0v) is 15.7. The van der Waals surface area contributed by atoms with E-state index in [1.165, 1.54) is 31.2 Å². The topological polar surface area (TPSA) is 64.8 Å². The number of methoxy groups -OCH3 is 1. The fraction of sp³-hybridized carbons (Fsp3) is 0.632. The molecule has 2 fully saturated rings. The Labute approximate surface area is 156 Å². The first kappa shape index (κ1) is 20.0. The number of cyclic esters (lactones) is 1. The Balaban J connectivity index is 0.00000225. The van der Waals surface area contributed by atoms with Crippen molar-refractivity contribution >= 4 is 24.2 Å². The highest BCUT2D eigenvalue weighted by molar-refractivity contribution is 5.89. The van der Waals surface area contributed by atoms with Crippen LogP contribution in [0.25, 0.3) is 0 Å². The van der Waals surface area contributed by atoms with Crippen LogP contribution in [-0.2, 0) is 9.47 Å². The molecule has 5 nitrogen and oxygen atoms in total. The normalized spacial score (nSPS) is 26.2. The zero-order valence-electron chi connectivity index (χ0n) is 14.9. The van der Waals surface area contributed by atoms with E-state index in [2.05, 4.69) is 12.1 Å². The number of nitrogens with zero attached hydrogens (tertiary/aromatic N) is 1. The first-order valence-corrected chi connectivity index (χ1v) is 8.98. The van der Waals surface area contributed by atoms with Gasteiger partial charge in [0.1, 0.15) is 6.10 Å². The molecule has 140 valence electrons. The van der Waals surface area contributed by atoms with Gasteiger partial charge in [-0.3, -0.25) is 4.90 Å². The summed E-state index contributed by atoms with van der Waals surface area (Å²) in [6.45, 7) is 1.79. The molecule has 0 spiro atoms. The molecule has 1 saturated carbocycles. The molecule has 1 amide bonds. The van der Waals surface area contributed by atoms with Crippen LogP contribution in [0.2, 0.25) is 0 Å². The van der Waals surface area contributed by atoms with Gasteiger partial charge in [0.15, 0.2) is 0 Å². The summed E-state index contributed by atoms with van der Waals surface area (Å²) in [7, 11) is 1.62. The van der Waals surface area contributed by atoms with Gasteiger partial charge in [-0.2, -0.15) is 0 Å². The molecule has 2 aliphatic rings. The number of benzene rings is 1. The SMILES string of the molecule is COC[C@@H]1CN(c2ccc(C3CCC(CCN)CC3)cc2)C(=O)O1.Cl. The van der Waals surface area contributed by atoms with E-state index in [9.17, 15) is 4.79 Å². The molecule has 3 rings (SSSR count). The fourth-order valence-electron chi connectivity index (χ4n) is 3.95. The molecule has 0 radical (unpaired) electrons. The lowest BCUT2D eigenvalue weighted by Gasteiger charge is -2.28. The maximum atomic E-state index is 12.0. The van der Waals surface area contributed by atoms with Gasteiger partial charge >= 0.3 is 6.09 Å². The number of hydrogen-bond acceptors (Lipinski definition) is 4. The highest BCUT2D eigenvalue weighted by atomic mass is 35.5. The lowest BCUT2D eigenvalue weighted by atomic mass is 9.77. The molecular weight excluding hydrogens is 340 g/mol. The van der Waals surface area contributed by atoms with Crippen LogP contribution in [0.4, 0.5) is 10.5 Å². The predicted octanol–water partition coefficient (Wildman–Crippen LogP) is 3.70. The molecule has 1 saturated heterocycles. The summed E-state index contributed by atoms with van der Waals surface area (Å²) >= 11 is 0. The largest absolute Gasteiger partial charge is 0.441 e. The van der Waals surface area contributed by atoms with Crippen molar-refractivity contribution in [2.24, 2.45) is 11.7 Å². The van der Waals surface area contributed by atoms with E-state index in [4.69, 9.17) is 15.2 Å². The molecule has 0 aromatic heterocycles. The molecule has 0 bridgehead atoms. The molecule has 1 aromatic carbocycles. The monoisotopic (exact) mass is 368 g/mol. The van der Waals surface area contributed by atoms with E-state index in [1.54, 1.807) is 12.0 Å². The number of amides is 1. The molecule has 0 unspecified atom stereocenters. The van der Waals surface area contributed by atoms with Crippen LogP contribution < -0.4 is 10.6 Å². The number of hydrogen-bond donors (Lipinski definition) is 1. The molecule has 1 atom stereocenters. The van der Waals surface area contributed by atoms with Crippen LogP contribution in [0.3, 0.4) is 0 Å². The Bertz CT molecular complexity index is 544. The minimum Gasteiger partial charge on any atom is -0.441 e. The number of anilines is 1. The number of nitrogens with two attached hydrogens (primary N) is 1. The maximum Gasteiger partial charge on any atom is 0.414 e. The minimum absolute atomic E-state index is 0. The Morgan fingerprint density at radius 2 is 1.88 bits per heavy atom. The summed E-state index contributed by atoms with van der Waals surface area (Å²) < 4.78 is 10.4. The third-order valence-electron chi connectivity index (χ3n) is 5.32. The van der Waals surface area contributed by atoms with Crippen molar-refractivity contribution in [2.75, 3.05) is 31.7 Å². The van der Waals surface area contributed by atoms with Gasteiger partial charge in [-0.05, 0) is 68.2 Å². The van der Waals surface area contributed by atoms with Gasteiger partial charge in [-0.15, -0.1) is 12.4 Å². The van der Waals surface area contributed by atoms with E-state index in [-0.39, 0.29) is 24.6 Å². The van der Waals surface area contributed by atoms with Gasteiger partial charge < -0.3 is 15.2 Å². The number of ether oxygens (including phenoxy) is 2. The van der Waals surface area contributed by atoms with Crippen molar-refractivity contribution in [3.05, 3.63) is 29.8 Å². The molecular formula is C19H29ClN2O3. The van der Waals surface area contributed by atoms with E-state index in [1.807, 2.05) is 12.1 Å². The Morgan fingerprint density at radius 1 is 1.20 bits per heavy atom. The average Bonchev–Trinajstić information content (AvgIpc) is 2.97. The van der Waals surface area contributed by atoms with Crippen LogP contribution in [0.15, 0.2) is 24.3 Å². The van der Waals surface area contributed by atoms with Crippen molar-refractivity contribution in [2.45, 2.75) is 44.1 Å². The number of rotatable bonds is 6. The van der Waals surface area contributed by atoms with Gasteiger partial charge in [0, 0.05) is 12.8 Å².